The number of amides is 1. The highest BCUT2D eigenvalue weighted by Gasteiger charge is 2.32. The number of furan rings is 1. The standard InChI is InChI=1S/C24H24F3N3O3/c1-23(32)9-2-13-30(14-10-23)19-4-3-17(24(25,26)27)15-18(19)29-22(31)21-6-5-20(33-21)16-7-11-28-12-8-16/h3-8,11-12,15,32H,2,9-10,13-14H2,1H3,(H,29,31)/t23-/m1/s1. The van der Waals surface area contributed by atoms with Gasteiger partial charge in [-0.1, -0.05) is 0 Å². The average Bonchev–Trinajstić information content (AvgIpc) is 3.19. The molecule has 1 aromatic carbocycles. The molecule has 0 radical (unpaired) electrons. The molecule has 0 bridgehead atoms. The van der Waals surface area contributed by atoms with Crippen LogP contribution in [0.3, 0.4) is 0 Å². The highest BCUT2D eigenvalue weighted by atomic mass is 19.4. The van der Waals surface area contributed by atoms with Gasteiger partial charge in [-0.2, -0.15) is 13.2 Å². The lowest BCUT2D eigenvalue weighted by Gasteiger charge is -2.27. The minimum Gasteiger partial charge on any atom is -0.451 e. The first kappa shape index (κ1) is 22.8. The molecule has 0 saturated carbocycles. The van der Waals surface area contributed by atoms with Crippen molar-refractivity contribution >= 4 is 17.3 Å². The Morgan fingerprint density at radius 2 is 1.88 bits per heavy atom. The molecule has 1 fully saturated rings. The Morgan fingerprint density at radius 1 is 1.12 bits per heavy atom. The number of carbonyl (C=O) groups excluding carboxylic acids is 1. The third-order valence-corrected chi connectivity index (χ3v) is 5.77. The third kappa shape index (κ3) is 5.36. The van der Waals surface area contributed by atoms with Gasteiger partial charge < -0.3 is 19.7 Å². The van der Waals surface area contributed by atoms with Gasteiger partial charge in [0.05, 0.1) is 22.5 Å². The number of hydrogen-bond acceptors (Lipinski definition) is 5. The van der Waals surface area contributed by atoms with Gasteiger partial charge in [-0.05, 0) is 68.7 Å². The minimum absolute atomic E-state index is 0.0241. The van der Waals surface area contributed by atoms with Gasteiger partial charge in [0.2, 0.25) is 0 Å². The Hall–Kier alpha value is -3.33. The molecule has 33 heavy (non-hydrogen) atoms. The summed E-state index contributed by atoms with van der Waals surface area (Å²) in [5.74, 6) is -0.233. The largest absolute Gasteiger partial charge is 0.451 e. The lowest BCUT2D eigenvalue weighted by Crippen LogP contribution is -2.29. The molecule has 0 unspecified atom stereocenters. The van der Waals surface area contributed by atoms with E-state index in [-0.39, 0.29) is 11.4 Å². The van der Waals surface area contributed by atoms with E-state index >= 15 is 0 Å². The molecule has 1 aliphatic rings. The number of nitrogens with zero attached hydrogens (tertiary/aromatic N) is 2. The van der Waals surface area contributed by atoms with Crippen LogP contribution in [0.5, 0.6) is 0 Å². The molecule has 1 aliphatic heterocycles. The van der Waals surface area contributed by atoms with E-state index in [0.717, 1.165) is 17.7 Å². The molecule has 6 nitrogen and oxygen atoms in total. The predicted octanol–water partition coefficient (Wildman–Crippen LogP) is 5.35. The molecule has 9 heteroatoms. The van der Waals surface area contributed by atoms with Crippen LogP contribution < -0.4 is 10.2 Å². The third-order valence-electron chi connectivity index (χ3n) is 5.77. The van der Waals surface area contributed by atoms with Gasteiger partial charge >= 0.3 is 6.18 Å². The summed E-state index contributed by atoms with van der Waals surface area (Å²) in [7, 11) is 0. The van der Waals surface area contributed by atoms with Crippen molar-refractivity contribution in [3.05, 3.63) is 66.2 Å². The lowest BCUT2D eigenvalue weighted by atomic mass is 9.98. The zero-order valence-electron chi connectivity index (χ0n) is 18.0. The van der Waals surface area contributed by atoms with Gasteiger partial charge in [0.1, 0.15) is 5.76 Å². The molecule has 1 saturated heterocycles. The molecule has 3 aromatic rings. The maximum absolute atomic E-state index is 13.4. The first-order valence-corrected chi connectivity index (χ1v) is 10.6. The van der Waals surface area contributed by atoms with Gasteiger partial charge in [-0.3, -0.25) is 9.78 Å². The van der Waals surface area contributed by atoms with Crippen LogP contribution in [0.2, 0.25) is 0 Å². The lowest BCUT2D eigenvalue weighted by molar-refractivity contribution is -0.137. The number of benzene rings is 1. The number of pyridine rings is 1. The van der Waals surface area contributed by atoms with Crippen molar-refractivity contribution in [3.63, 3.8) is 0 Å². The van der Waals surface area contributed by atoms with Gasteiger partial charge in [-0.25, -0.2) is 0 Å². The molecule has 3 heterocycles. The molecule has 4 rings (SSSR count). The molecule has 0 spiro atoms. The minimum atomic E-state index is -4.56. The molecular formula is C24H24F3N3O3. The fourth-order valence-electron chi connectivity index (χ4n) is 3.91. The van der Waals surface area contributed by atoms with E-state index in [2.05, 4.69) is 10.3 Å². The summed E-state index contributed by atoms with van der Waals surface area (Å²) in [6.45, 7) is 2.76. The number of anilines is 2. The predicted molar refractivity (Wildman–Crippen MR) is 118 cm³/mol. The first-order valence-electron chi connectivity index (χ1n) is 10.6. The molecule has 174 valence electrons. The van der Waals surface area contributed by atoms with E-state index in [1.807, 2.05) is 4.90 Å². The summed E-state index contributed by atoms with van der Waals surface area (Å²) in [6.07, 6.45) is 0.357. The van der Waals surface area contributed by atoms with Gasteiger partial charge in [0, 0.05) is 31.0 Å². The van der Waals surface area contributed by atoms with E-state index in [1.165, 1.54) is 12.1 Å². The second-order valence-corrected chi connectivity index (χ2v) is 8.42. The Kier molecular flexibility index (Phi) is 6.16. The van der Waals surface area contributed by atoms with Crippen LogP contribution in [0.4, 0.5) is 24.5 Å². The Balaban J connectivity index is 1.62. The van der Waals surface area contributed by atoms with E-state index < -0.39 is 23.2 Å². The zero-order valence-corrected chi connectivity index (χ0v) is 18.0. The quantitative estimate of drug-likeness (QED) is 0.550. The second kappa shape index (κ2) is 8.90. The van der Waals surface area contributed by atoms with Crippen molar-refractivity contribution in [1.29, 1.82) is 0 Å². The topological polar surface area (TPSA) is 78.6 Å². The number of aliphatic hydroxyl groups is 1. The number of aromatic nitrogens is 1. The Labute approximate surface area is 189 Å². The van der Waals surface area contributed by atoms with Crippen LogP contribution in [0, 0.1) is 0 Å². The van der Waals surface area contributed by atoms with Crippen LogP contribution >= 0.6 is 0 Å². The summed E-state index contributed by atoms with van der Waals surface area (Å²) in [5, 5.41) is 13.0. The number of halogens is 3. The fourth-order valence-corrected chi connectivity index (χ4v) is 3.91. The van der Waals surface area contributed by atoms with Crippen LogP contribution in [-0.2, 0) is 6.18 Å². The molecule has 2 N–H and O–H groups in total. The van der Waals surface area contributed by atoms with Crippen LogP contribution in [0.25, 0.3) is 11.3 Å². The normalized spacial score (nSPS) is 19.2. The monoisotopic (exact) mass is 459 g/mol. The maximum Gasteiger partial charge on any atom is 0.416 e. The maximum atomic E-state index is 13.4. The number of nitrogens with one attached hydrogen (secondary N) is 1. The van der Waals surface area contributed by atoms with Gasteiger partial charge in [0.15, 0.2) is 5.76 Å². The first-order chi connectivity index (χ1) is 15.6. The molecule has 1 atom stereocenters. The summed E-state index contributed by atoms with van der Waals surface area (Å²) >= 11 is 0. The van der Waals surface area contributed by atoms with Gasteiger partial charge in [0.25, 0.3) is 5.91 Å². The smallest absolute Gasteiger partial charge is 0.416 e. The highest BCUT2D eigenvalue weighted by molar-refractivity contribution is 6.04. The Morgan fingerprint density at radius 3 is 2.61 bits per heavy atom. The second-order valence-electron chi connectivity index (χ2n) is 8.42. The summed E-state index contributed by atoms with van der Waals surface area (Å²) in [4.78, 5) is 18.7. The molecule has 0 aliphatic carbocycles. The van der Waals surface area contributed by atoms with E-state index in [1.54, 1.807) is 37.5 Å². The van der Waals surface area contributed by atoms with E-state index in [4.69, 9.17) is 4.42 Å². The highest BCUT2D eigenvalue weighted by Crippen LogP contribution is 2.37. The molecule has 2 aromatic heterocycles. The average molecular weight is 459 g/mol. The van der Waals surface area contributed by atoms with E-state index in [0.29, 0.717) is 43.8 Å². The van der Waals surface area contributed by atoms with E-state index in [9.17, 15) is 23.1 Å². The SMILES string of the molecule is C[C@@]1(O)CCCN(c2ccc(C(F)(F)F)cc2NC(=O)c2ccc(-c3ccncc3)o2)CC1. The van der Waals surface area contributed by atoms with Gasteiger partial charge in [-0.15, -0.1) is 0 Å². The van der Waals surface area contributed by atoms with Crippen LogP contribution in [-0.4, -0.2) is 34.7 Å². The van der Waals surface area contributed by atoms with Crippen molar-refractivity contribution in [3.8, 4) is 11.3 Å². The summed E-state index contributed by atoms with van der Waals surface area (Å²) in [5.41, 5.74) is -0.462. The number of carbonyl (C=O) groups is 1. The van der Waals surface area contributed by atoms with Crippen molar-refractivity contribution in [2.75, 3.05) is 23.3 Å². The van der Waals surface area contributed by atoms with Crippen LogP contribution in [0.15, 0.2) is 59.3 Å². The number of alkyl halides is 3. The summed E-state index contributed by atoms with van der Waals surface area (Å²) < 4.78 is 45.8. The molecule has 1 amide bonds. The van der Waals surface area contributed by atoms with Crippen molar-refractivity contribution in [2.45, 2.75) is 38.0 Å². The Bertz CT molecular complexity index is 1130. The number of hydrogen-bond donors (Lipinski definition) is 2. The van der Waals surface area contributed by atoms with Crippen LogP contribution in [0.1, 0.15) is 42.3 Å². The molecular weight excluding hydrogens is 435 g/mol. The number of rotatable bonds is 4. The van der Waals surface area contributed by atoms with Crippen molar-refractivity contribution in [1.82, 2.24) is 4.98 Å². The van der Waals surface area contributed by atoms with Crippen molar-refractivity contribution in [2.24, 2.45) is 0 Å². The van der Waals surface area contributed by atoms with Crippen molar-refractivity contribution < 1.29 is 27.5 Å². The summed E-state index contributed by atoms with van der Waals surface area (Å²) in [6, 6.07) is 9.84. The fraction of sp³-hybridized carbons (Fsp3) is 0.333. The zero-order chi connectivity index (χ0) is 23.6.